The summed E-state index contributed by atoms with van der Waals surface area (Å²) in [6, 6.07) is 15.9. The Balaban J connectivity index is 1.49. The number of anilines is 1. The van der Waals surface area contributed by atoms with Crippen LogP contribution in [0.4, 0.5) is 5.69 Å². The molecule has 0 bridgehead atoms. The van der Waals surface area contributed by atoms with Crippen LogP contribution in [0.3, 0.4) is 0 Å². The lowest BCUT2D eigenvalue weighted by atomic mass is 10.0. The van der Waals surface area contributed by atoms with Gasteiger partial charge in [-0.15, -0.1) is 11.3 Å². The van der Waals surface area contributed by atoms with Crippen LogP contribution in [0.2, 0.25) is 0 Å². The Labute approximate surface area is 174 Å². The van der Waals surface area contributed by atoms with Crippen LogP contribution in [0.1, 0.15) is 38.3 Å². The molecule has 1 atom stereocenters. The van der Waals surface area contributed by atoms with Crippen molar-refractivity contribution in [1.82, 2.24) is 10.3 Å². The third-order valence-corrected chi connectivity index (χ3v) is 5.85. The van der Waals surface area contributed by atoms with Crippen LogP contribution < -0.4 is 10.6 Å². The molecule has 0 unspecified atom stereocenters. The fraction of sp³-hybridized carbons (Fsp3) is 0.261. The van der Waals surface area contributed by atoms with Gasteiger partial charge in [0.2, 0.25) is 11.8 Å². The van der Waals surface area contributed by atoms with Gasteiger partial charge in [-0.3, -0.25) is 9.59 Å². The molecule has 0 radical (unpaired) electrons. The first-order valence-corrected chi connectivity index (χ1v) is 10.6. The van der Waals surface area contributed by atoms with Crippen LogP contribution in [0.15, 0.2) is 53.9 Å². The van der Waals surface area contributed by atoms with Crippen molar-refractivity contribution < 1.29 is 9.59 Å². The Morgan fingerprint density at radius 1 is 1.10 bits per heavy atom. The largest absolute Gasteiger partial charge is 0.350 e. The zero-order valence-electron chi connectivity index (χ0n) is 16.4. The summed E-state index contributed by atoms with van der Waals surface area (Å²) in [7, 11) is 0. The lowest BCUT2D eigenvalue weighted by molar-refractivity contribution is -0.119. The van der Waals surface area contributed by atoms with Crippen molar-refractivity contribution in [2.75, 3.05) is 5.32 Å². The smallest absolute Gasteiger partial charge is 0.227 e. The molecule has 148 valence electrons. The Kier molecular flexibility index (Phi) is 5.45. The molecule has 6 heteroatoms. The summed E-state index contributed by atoms with van der Waals surface area (Å²) in [4.78, 5) is 28.0. The number of amides is 2. The normalized spacial score (nSPS) is 14.3. The van der Waals surface area contributed by atoms with Crippen LogP contribution in [0.25, 0.3) is 21.8 Å². The highest BCUT2D eigenvalue weighted by Crippen LogP contribution is 2.32. The van der Waals surface area contributed by atoms with E-state index in [1.54, 1.807) is 11.3 Å². The topological polar surface area (TPSA) is 71.1 Å². The number of benzene rings is 2. The van der Waals surface area contributed by atoms with E-state index in [-0.39, 0.29) is 23.8 Å². The Morgan fingerprint density at radius 2 is 1.86 bits per heavy atom. The van der Waals surface area contributed by atoms with Gasteiger partial charge in [-0.2, -0.15) is 0 Å². The number of carbonyl (C=O) groups is 2. The van der Waals surface area contributed by atoms with Gasteiger partial charge in [-0.05, 0) is 37.5 Å². The number of nitrogens with zero attached hydrogens (tertiary/aromatic N) is 1. The predicted molar refractivity (Wildman–Crippen MR) is 117 cm³/mol. The van der Waals surface area contributed by atoms with Gasteiger partial charge < -0.3 is 10.6 Å². The quantitative estimate of drug-likeness (QED) is 0.605. The molecule has 0 aliphatic heterocycles. The van der Waals surface area contributed by atoms with Crippen molar-refractivity contribution >= 4 is 28.8 Å². The molecule has 1 saturated carbocycles. The van der Waals surface area contributed by atoms with Gasteiger partial charge in [-0.25, -0.2) is 4.98 Å². The Morgan fingerprint density at radius 3 is 2.55 bits per heavy atom. The molecule has 1 fully saturated rings. The molecule has 0 spiro atoms. The third kappa shape index (κ3) is 4.71. The second-order valence-corrected chi connectivity index (χ2v) is 8.28. The van der Waals surface area contributed by atoms with Gasteiger partial charge in [0.1, 0.15) is 5.01 Å². The molecule has 29 heavy (non-hydrogen) atoms. The minimum absolute atomic E-state index is 0.0267. The van der Waals surface area contributed by atoms with E-state index in [4.69, 9.17) is 4.98 Å². The maximum absolute atomic E-state index is 12.0. The fourth-order valence-electron chi connectivity index (χ4n) is 3.19. The predicted octanol–water partition coefficient (Wildman–Crippen LogP) is 5.02. The van der Waals surface area contributed by atoms with Crippen LogP contribution in [0.5, 0.6) is 0 Å². The summed E-state index contributed by atoms with van der Waals surface area (Å²) < 4.78 is 0. The van der Waals surface area contributed by atoms with Gasteiger partial charge in [-0.1, -0.05) is 36.4 Å². The average Bonchev–Trinajstić information content (AvgIpc) is 3.45. The van der Waals surface area contributed by atoms with Gasteiger partial charge in [0.25, 0.3) is 0 Å². The maximum Gasteiger partial charge on any atom is 0.227 e. The van der Waals surface area contributed by atoms with Crippen molar-refractivity contribution in [3.63, 3.8) is 0 Å². The lowest BCUT2D eigenvalue weighted by Gasteiger charge is -2.13. The molecular weight excluding hydrogens is 382 g/mol. The van der Waals surface area contributed by atoms with Gasteiger partial charge in [0, 0.05) is 35.0 Å². The molecule has 2 N–H and O–H groups in total. The first kappa shape index (κ1) is 19.3. The summed E-state index contributed by atoms with van der Waals surface area (Å²) in [6.45, 7) is 3.49. The number of hydrogen-bond donors (Lipinski definition) is 2. The molecule has 1 aliphatic rings. The Bertz CT molecular complexity index is 1040. The fourth-order valence-corrected chi connectivity index (χ4v) is 4.02. The van der Waals surface area contributed by atoms with Crippen molar-refractivity contribution in [2.45, 2.75) is 32.7 Å². The van der Waals surface area contributed by atoms with Gasteiger partial charge >= 0.3 is 0 Å². The highest BCUT2D eigenvalue weighted by atomic mass is 32.1. The SMILES string of the molecule is CC(=O)N[C@H](C)c1ccc(-c2csc(-c3cccc(NC(=O)C4CC4)c3)n2)cc1. The zero-order chi connectivity index (χ0) is 20.4. The summed E-state index contributed by atoms with van der Waals surface area (Å²) in [5.41, 5.74) is 4.80. The zero-order valence-corrected chi connectivity index (χ0v) is 17.3. The highest BCUT2D eigenvalue weighted by molar-refractivity contribution is 7.13. The standard InChI is InChI=1S/C23H23N3O2S/c1-14(24-15(2)27)16-6-8-17(9-7-16)21-13-29-23(26-21)19-4-3-5-20(12-19)25-22(28)18-10-11-18/h3-9,12-14,18H,10-11H2,1-2H3,(H,24,27)(H,25,28)/t14-/m1/s1. The van der Waals surface area contributed by atoms with Gasteiger partial charge in [0.15, 0.2) is 0 Å². The van der Waals surface area contributed by atoms with Crippen LogP contribution in [-0.4, -0.2) is 16.8 Å². The summed E-state index contributed by atoms with van der Waals surface area (Å²) in [5, 5.41) is 8.84. The molecular formula is C23H23N3O2S. The van der Waals surface area contributed by atoms with E-state index in [0.717, 1.165) is 45.9 Å². The lowest BCUT2D eigenvalue weighted by Crippen LogP contribution is -2.23. The third-order valence-electron chi connectivity index (χ3n) is 4.96. The molecule has 3 aromatic rings. The summed E-state index contributed by atoms with van der Waals surface area (Å²) >= 11 is 1.58. The number of aromatic nitrogens is 1. The molecule has 1 aliphatic carbocycles. The molecule has 5 nitrogen and oxygen atoms in total. The second-order valence-electron chi connectivity index (χ2n) is 7.43. The van der Waals surface area contributed by atoms with Crippen LogP contribution in [-0.2, 0) is 9.59 Å². The Hall–Kier alpha value is -2.99. The number of thiazole rings is 1. The van der Waals surface area contributed by atoms with E-state index in [1.165, 1.54) is 6.92 Å². The molecule has 4 rings (SSSR count). The molecule has 2 amide bonds. The average molecular weight is 406 g/mol. The first-order chi connectivity index (χ1) is 14.0. The van der Waals surface area contributed by atoms with Crippen molar-refractivity contribution in [3.05, 3.63) is 59.5 Å². The van der Waals surface area contributed by atoms with E-state index >= 15 is 0 Å². The summed E-state index contributed by atoms with van der Waals surface area (Å²) in [5.74, 6) is 0.248. The number of hydrogen-bond acceptors (Lipinski definition) is 4. The van der Waals surface area contributed by atoms with Crippen molar-refractivity contribution in [3.8, 4) is 21.8 Å². The van der Waals surface area contributed by atoms with E-state index < -0.39 is 0 Å². The number of rotatable bonds is 6. The van der Waals surface area contributed by atoms with E-state index in [9.17, 15) is 9.59 Å². The monoisotopic (exact) mass is 405 g/mol. The molecule has 2 aromatic carbocycles. The van der Waals surface area contributed by atoms with Crippen LogP contribution >= 0.6 is 11.3 Å². The number of nitrogens with one attached hydrogen (secondary N) is 2. The number of carbonyl (C=O) groups excluding carboxylic acids is 2. The molecule has 0 saturated heterocycles. The van der Waals surface area contributed by atoms with Crippen LogP contribution in [0, 0.1) is 5.92 Å². The van der Waals surface area contributed by atoms with Gasteiger partial charge in [0.05, 0.1) is 11.7 Å². The minimum atomic E-state index is -0.0405. The second kappa shape index (κ2) is 8.17. The van der Waals surface area contributed by atoms with E-state index in [2.05, 4.69) is 10.6 Å². The maximum atomic E-state index is 12.0. The van der Waals surface area contributed by atoms with Crippen molar-refractivity contribution in [1.29, 1.82) is 0 Å². The highest BCUT2D eigenvalue weighted by Gasteiger charge is 2.29. The van der Waals surface area contributed by atoms with Crippen molar-refractivity contribution in [2.24, 2.45) is 5.92 Å². The molecule has 1 aromatic heterocycles. The van der Waals surface area contributed by atoms with E-state index in [0.29, 0.717) is 0 Å². The molecule has 1 heterocycles. The summed E-state index contributed by atoms with van der Waals surface area (Å²) in [6.07, 6.45) is 1.98. The first-order valence-electron chi connectivity index (χ1n) is 9.74. The minimum Gasteiger partial charge on any atom is -0.350 e. The van der Waals surface area contributed by atoms with E-state index in [1.807, 2.05) is 60.8 Å².